The van der Waals surface area contributed by atoms with Crippen molar-refractivity contribution < 1.29 is 19.1 Å². The molecule has 0 spiro atoms. The molecule has 0 unspecified atom stereocenters. The Morgan fingerprint density at radius 2 is 1.89 bits per heavy atom. The van der Waals surface area contributed by atoms with Gasteiger partial charge in [0.2, 0.25) is 5.91 Å². The number of nitrogens with one attached hydrogen (secondary N) is 3. The first kappa shape index (κ1) is 34.6. The van der Waals surface area contributed by atoms with E-state index >= 15 is 0 Å². The average Bonchev–Trinajstić information content (AvgIpc) is 3.68. The van der Waals surface area contributed by atoms with Gasteiger partial charge in [0.1, 0.15) is 11.2 Å². The third kappa shape index (κ3) is 7.88. The molecule has 2 aromatic heterocycles. The Kier molecular flexibility index (Phi) is 10.7. The number of hydrazine groups is 1. The Morgan fingerprint density at radius 3 is 2.62 bits per heavy atom. The number of rotatable bonds is 7. The number of methoxy groups -OCH3 is 1. The molecule has 2 fully saturated rings. The molecule has 2 saturated heterocycles. The highest BCUT2D eigenvalue weighted by molar-refractivity contribution is 5.84. The van der Waals surface area contributed by atoms with Crippen LogP contribution in [0.4, 0.5) is 4.79 Å². The van der Waals surface area contributed by atoms with Gasteiger partial charge in [-0.05, 0) is 97.9 Å². The van der Waals surface area contributed by atoms with Crippen LogP contribution in [0.1, 0.15) is 117 Å². The predicted octanol–water partition coefficient (Wildman–Crippen LogP) is 6.33. The summed E-state index contributed by atoms with van der Waals surface area (Å²) in [6, 6.07) is 6.63. The zero-order valence-corrected chi connectivity index (χ0v) is 29.6. The van der Waals surface area contributed by atoms with Gasteiger partial charge in [0, 0.05) is 37.1 Å². The van der Waals surface area contributed by atoms with E-state index in [-0.39, 0.29) is 36.2 Å². The molecule has 11 nitrogen and oxygen atoms in total. The molecule has 0 aliphatic carbocycles. The number of aryl methyl sites for hydroxylation is 1. The molecule has 2 aromatic rings. The first-order valence-corrected chi connectivity index (χ1v) is 17.4. The lowest BCUT2D eigenvalue weighted by molar-refractivity contribution is -0.121. The van der Waals surface area contributed by atoms with E-state index in [1.807, 2.05) is 46.8 Å². The van der Waals surface area contributed by atoms with Crippen LogP contribution in [0.25, 0.3) is 16.7 Å². The summed E-state index contributed by atoms with van der Waals surface area (Å²) in [4.78, 5) is 30.6. The molecule has 258 valence electrons. The van der Waals surface area contributed by atoms with Crippen LogP contribution in [0.5, 0.6) is 0 Å². The average molecular weight is 650 g/mol. The number of fused-ring (bicyclic) bond motifs is 3. The van der Waals surface area contributed by atoms with Crippen LogP contribution in [0, 0.1) is 0 Å². The third-order valence-electron chi connectivity index (χ3n) is 9.64. The van der Waals surface area contributed by atoms with Gasteiger partial charge in [0.25, 0.3) is 0 Å². The molecule has 0 aromatic carbocycles. The van der Waals surface area contributed by atoms with Crippen LogP contribution in [0.2, 0.25) is 0 Å². The Balaban J connectivity index is 1.56. The molecular formula is C36H55N7O4. The normalized spacial score (nSPS) is 24.9. The first-order valence-electron chi connectivity index (χ1n) is 17.4. The SMILES string of the molecule is C/C=C(\N/C(C)=C(/c1cc2ccc3nc2n1CCCCCCCC(=O)N[C@@H]3C)N(C)N1[C@H]2CC[C@@H]1[C@H](NC(=O)OC(C)(C)C)C2)OC. The van der Waals surface area contributed by atoms with Crippen LogP contribution in [-0.2, 0) is 20.8 Å². The quantitative estimate of drug-likeness (QED) is 0.299. The third-order valence-corrected chi connectivity index (χ3v) is 9.64. The molecule has 3 N–H and O–H groups in total. The van der Waals surface area contributed by atoms with E-state index in [1.165, 1.54) is 0 Å². The fourth-order valence-corrected chi connectivity index (χ4v) is 7.52. The highest BCUT2D eigenvalue weighted by Crippen LogP contribution is 2.42. The van der Waals surface area contributed by atoms with E-state index in [2.05, 4.69) is 56.6 Å². The maximum Gasteiger partial charge on any atom is 0.407 e. The lowest BCUT2D eigenvalue weighted by Gasteiger charge is -2.37. The number of alkyl carbamates (subject to hydrolysis) is 1. The van der Waals surface area contributed by atoms with Gasteiger partial charge < -0.3 is 35.0 Å². The summed E-state index contributed by atoms with van der Waals surface area (Å²) in [7, 11) is 3.80. The second-order valence-corrected chi connectivity index (χ2v) is 14.3. The van der Waals surface area contributed by atoms with Crippen molar-refractivity contribution in [2.24, 2.45) is 0 Å². The van der Waals surface area contributed by atoms with E-state index in [4.69, 9.17) is 14.5 Å². The Bertz CT molecular complexity index is 1510. The van der Waals surface area contributed by atoms with Crippen molar-refractivity contribution in [2.45, 2.75) is 136 Å². The standard InChI is InChI=1S/C36H55N7O4/c1-9-32(46-8)38-24(3)33(41(7)43-26-17-19-29(43)28(22-26)40-35(45)47-36(4,5)6)30-21-25-16-18-27-23(2)37-31(44)15-13-11-10-12-14-20-42(30)34(25)39-27/h9,16,18,21,23,26,28-29,38H,10-15,17,19-20,22H2,1-8H3,(H,37,44)(H,40,45)/b32-9+,33-24-/t23-,26+,28-,29-/m1/s1. The summed E-state index contributed by atoms with van der Waals surface area (Å²) >= 11 is 0. The number of allylic oxidation sites excluding steroid dienone is 2. The Hall–Kier alpha value is -3.73. The van der Waals surface area contributed by atoms with E-state index in [0.717, 1.165) is 91.7 Å². The van der Waals surface area contributed by atoms with E-state index in [9.17, 15) is 9.59 Å². The first-order chi connectivity index (χ1) is 22.4. The minimum atomic E-state index is -0.551. The molecule has 47 heavy (non-hydrogen) atoms. The number of carbonyl (C=O) groups is 2. The monoisotopic (exact) mass is 649 g/mol. The highest BCUT2D eigenvalue weighted by Gasteiger charge is 2.50. The minimum absolute atomic E-state index is 0.00372. The smallest absolute Gasteiger partial charge is 0.407 e. The van der Waals surface area contributed by atoms with E-state index in [0.29, 0.717) is 12.3 Å². The maximum atomic E-state index is 12.8. The van der Waals surface area contributed by atoms with Crippen LogP contribution in [-0.4, -0.2) is 69.5 Å². The van der Waals surface area contributed by atoms with Gasteiger partial charge in [-0.3, -0.25) is 4.79 Å². The predicted molar refractivity (Wildman–Crippen MR) is 185 cm³/mol. The zero-order valence-electron chi connectivity index (χ0n) is 29.6. The summed E-state index contributed by atoms with van der Waals surface area (Å²) in [6.45, 7) is 12.6. The minimum Gasteiger partial charge on any atom is -0.483 e. The van der Waals surface area contributed by atoms with Gasteiger partial charge in [-0.15, -0.1) is 0 Å². The Labute approximate surface area is 280 Å². The van der Waals surface area contributed by atoms with Crippen molar-refractivity contribution >= 4 is 28.7 Å². The van der Waals surface area contributed by atoms with Crippen molar-refractivity contribution in [3.63, 3.8) is 0 Å². The number of amides is 2. The molecule has 3 aliphatic rings. The molecule has 5 heterocycles. The highest BCUT2D eigenvalue weighted by atomic mass is 16.6. The molecule has 11 heteroatoms. The van der Waals surface area contributed by atoms with Gasteiger partial charge in [-0.2, -0.15) is 0 Å². The Morgan fingerprint density at radius 1 is 1.15 bits per heavy atom. The molecule has 0 saturated carbocycles. The molecule has 4 atom stereocenters. The van der Waals surface area contributed by atoms with Gasteiger partial charge >= 0.3 is 6.09 Å². The van der Waals surface area contributed by atoms with Crippen molar-refractivity contribution in [3.05, 3.63) is 47.2 Å². The van der Waals surface area contributed by atoms with E-state index < -0.39 is 5.60 Å². The van der Waals surface area contributed by atoms with Crippen molar-refractivity contribution in [3.8, 4) is 0 Å². The van der Waals surface area contributed by atoms with Gasteiger partial charge in [-0.25, -0.2) is 14.8 Å². The number of hydrogen-bond acceptors (Lipinski definition) is 8. The van der Waals surface area contributed by atoms with Crippen LogP contribution in [0.3, 0.4) is 0 Å². The molecule has 5 rings (SSSR count). The van der Waals surface area contributed by atoms with Gasteiger partial charge in [0.05, 0.1) is 42.3 Å². The fraction of sp³-hybridized carbons (Fsp3) is 0.639. The van der Waals surface area contributed by atoms with Crippen LogP contribution >= 0.6 is 0 Å². The molecule has 0 radical (unpaired) electrons. The van der Waals surface area contributed by atoms with Crippen molar-refractivity contribution in [1.82, 2.24) is 35.5 Å². The lowest BCUT2D eigenvalue weighted by Crippen LogP contribution is -2.49. The summed E-state index contributed by atoms with van der Waals surface area (Å²) in [5.41, 5.74) is 4.26. The molecular weight excluding hydrogens is 594 g/mol. The maximum absolute atomic E-state index is 12.8. The number of carbonyl (C=O) groups excluding carboxylic acids is 2. The zero-order chi connectivity index (χ0) is 33.9. The van der Waals surface area contributed by atoms with E-state index in [1.54, 1.807) is 7.11 Å². The summed E-state index contributed by atoms with van der Waals surface area (Å²) in [6.07, 6.45) is 10.2. The van der Waals surface area contributed by atoms with Crippen LogP contribution in [0.15, 0.2) is 35.9 Å². The van der Waals surface area contributed by atoms with Crippen LogP contribution < -0.4 is 16.0 Å². The summed E-state index contributed by atoms with van der Waals surface area (Å²) < 4.78 is 13.6. The second-order valence-electron chi connectivity index (χ2n) is 14.3. The topological polar surface area (TPSA) is 113 Å². The van der Waals surface area contributed by atoms with Crippen molar-refractivity contribution in [1.29, 1.82) is 0 Å². The second kappa shape index (κ2) is 14.6. The van der Waals surface area contributed by atoms with Gasteiger partial charge in [-0.1, -0.05) is 19.3 Å². The lowest BCUT2D eigenvalue weighted by atomic mass is 9.96. The number of pyridine rings is 1. The molecule has 4 bridgehead atoms. The summed E-state index contributed by atoms with van der Waals surface area (Å²) in [5, 5.41) is 15.7. The number of ether oxygens (including phenoxy) is 2. The van der Waals surface area contributed by atoms with Gasteiger partial charge in [0.15, 0.2) is 5.88 Å². The number of nitrogens with zero attached hydrogens (tertiary/aromatic N) is 4. The number of aromatic nitrogens is 2. The fourth-order valence-electron chi connectivity index (χ4n) is 7.52. The largest absolute Gasteiger partial charge is 0.483 e. The molecule has 3 aliphatic heterocycles. The van der Waals surface area contributed by atoms with Crippen molar-refractivity contribution in [2.75, 3.05) is 14.2 Å². The summed E-state index contributed by atoms with van der Waals surface area (Å²) in [5.74, 6) is 0.753. The molecule has 2 amide bonds. The number of hydrogen-bond donors (Lipinski definition) is 3.